The maximum atomic E-state index is 4.44. The second-order valence-corrected chi connectivity index (χ2v) is 5.95. The molecule has 0 fully saturated rings. The molecule has 0 amide bonds. The Kier molecular flexibility index (Phi) is 5.68. The fourth-order valence-electron chi connectivity index (χ4n) is 2.00. The third kappa shape index (κ3) is 4.82. The van der Waals surface area contributed by atoms with E-state index in [1.807, 2.05) is 25.1 Å². The molecule has 0 saturated heterocycles. The zero-order chi connectivity index (χ0) is 15.1. The van der Waals surface area contributed by atoms with Crippen molar-refractivity contribution in [1.82, 2.24) is 20.6 Å². The quantitative estimate of drug-likeness (QED) is 0.655. The summed E-state index contributed by atoms with van der Waals surface area (Å²) >= 11 is 1.76. The fraction of sp³-hybridized carbons (Fsp3) is 0.400. The van der Waals surface area contributed by atoms with Crippen LogP contribution in [0.2, 0.25) is 0 Å². The van der Waals surface area contributed by atoms with E-state index in [1.165, 1.54) is 4.88 Å². The summed E-state index contributed by atoms with van der Waals surface area (Å²) in [4.78, 5) is 14.3. The van der Waals surface area contributed by atoms with Gasteiger partial charge in [-0.25, -0.2) is 4.98 Å². The molecule has 0 unspecified atom stereocenters. The van der Waals surface area contributed by atoms with Gasteiger partial charge in [0.15, 0.2) is 5.96 Å². The van der Waals surface area contributed by atoms with E-state index in [0.717, 1.165) is 35.3 Å². The molecule has 0 aliphatic heterocycles. The van der Waals surface area contributed by atoms with Gasteiger partial charge in [0.2, 0.25) is 0 Å². The van der Waals surface area contributed by atoms with Crippen LogP contribution in [0, 0.1) is 13.8 Å². The van der Waals surface area contributed by atoms with Crippen LogP contribution in [0.15, 0.2) is 29.4 Å². The van der Waals surface area contributed by atoms with Crippen LogP contribution in [0.5, 0.6) is 0 Å². The molecule has 2 rings (SSSR count). The Morgan fingerprint density at radius 2 is 2.14 bits per heavy atom. The molecule has 0 radical (unpaired) electrons. The number of hydrogen-bond donors (Lipinski definition) is 2. The monoisotopic (exact) mass is 303 g/mol. The van der Waals surface area contributed by atoms with Crippen molar-refractivity contribution in [2.75, 3.05) is 13.6 Å². The summed E-state index contributed by atoms with van der Waals surface area (Å²) in [6.45, 7) is 5.61. The number of aromatic nitrogens is 2. The van der Waals surface area contributed by atoms with Gasteiger partial charge in [0.05, 0.1) is 22.9 Å². The van der Waals surface area contributed by atoms with Gasteiger partial charge in [-0.15, -0.1) is 11.3 Å². The Morgan fingerprint density at radius 3 is 2.76 bits per heavy atom. The van der Waals surface area contributed by atoms with E-state index in [-0.39, 0.29) is 0 Å². The van der Waals surface area contributed by atoms with E-state index >= 15 is 0 Å². The number of aliphatic imine (C=N–C) groups is 1. The van der Waals surface area contributed by atoms with Crippen LogP contribution in [0.1, 0.15) is 21.3 Å². The zero-order valence-corrected chi connectivity index (χ0v) is 13.5. The highest BCUT2D eigenvalue weighted by molar-refractivity contribution is 7.11. The molecule has 6 heteroatoms. The van der Waals surface area contributed by atoms with Gasteiger partial charge in [-0.1, -0.05) is 6.07 Å². The predicted molar refractivity (Wildman–Crippen MR) is 87.7 cm³/mol. The lowest BCUT2D eigenvalue weighted by Gasteiger charge is -2.11. The third-order valence-electron chi connectivity index (χ3n) is 3.03. The highest BCUT2D eigenvalue weighted by Gasteiger charge is 2.05. The van der Waals surface area contributed by atoms with Gasteiger partial charge in [-0.3, -0.25) is 9.98 Å². The number of thiazole rings is 1. The second-order valence-electron chi connectivity index (χ2n) is 4.67. The molecule has 2 N–H and O–H groups in total. The number of hydrogen-bond acceptors (Lipinski definition) is 4. The summed E-state index contributed by atoms with van der Waals surface area (Å²) in [7, 11) is 1.77. The van der Waals surface area contributed by atoms with Crippen molar-refractivity contribution in [3.63, 3.8) is 0 Å². The van der Waals surface area contributed by atoms with Gasteiger partial charge in [0.25, 0.3) is 0 Å². The molecule has 5 nitrogen and oxygen atoms in total. The number of rotatable bonds is 5. The molecular formula is C15H21N5S. The molecule has 2 aromatic rings. The minimum Gasteiger partial charge on any atom is -0.356 e. The number of guanidine groups is 1. The minimum atomic E-state index is 0.666. The molecule has 0 aliphatic carbocycles. The molecule has 0 aromatic carbocycles. The van der Waals surface area contributed by atoms with Crippen LogP contribution in [0.4, 0.5) is 0 Å². The standard InChI is InChI=1S/C15H21N5S/c1-11-14(21-12(2)20-11)7-9-18-15(16-3)19-10-13-6-4-5-8-17-13/h4-6,8H,7,9-10H2,1-3H3,(H2,16,18,19). The van der Waals surface area contributed by atoms with Crippen molar-refractivity contribution in [2.24, 2.45) is 4.99 Å². The molecule has 0 atom stereocenters. The molecule has 112 valence electrons. The summed E-state index contributed by atoms with van der Waals surface area (Å²) in [5.41, 5.74) is 2.13. The van der Waals surface area contributed by atoms with Crippen LogP contribution in [-0.2, 0) is 13.0 Å². The Morgan fingerprint density at radius 1 is 1.29 bits per heavy atom. The van der Waals surface area contributed by atoms with Crippen molar-refractivity contribution in [2.45, 2.75) is 26.8 Å². The summed E-state index contributed by atoms with van der Waals surface area (Å²) in [6.07, 6.45) is 2.75. The number of pyridine rings is 1. The van der Waals surface area contributed by atoms with Crippen LogP contribution in [0.3, 0.4) is 0 Å². The van der Waals surface area contributed by atoms with Crippen LogP contribution in [-0.4, -0.2) is 29.5 Å². The molecule has 0 saturated carbocycles. The van der Waals surface area contributed by atoms with Crippen LogP contribution < -0.4 is 10.6 Å². The number of nitrogens with one attached hydrogen (secondary N) is 2. The largest absolute Gasteiger partial charge is 0.356 e. The Bertz CT molecular complexity index is 591. The van der Waals surface area contributed by atoms with Crippen molar-refractivity contribution in [3.8, 4) is 0 Å². The molecular weight excluding hydrogens is 282 g/mol. The van der Waals surface area contributed by atoms with E-state index in [1.54, 1.807) is 24.6 Å². The highest BCUT2D eigenvalue weighted by Crippen LogP contribution is 2.16. The van der Waals surface area contributed by atoms with Gasteiger partial charge < -0.3 is 10.6 Å². The van der Waals surface area contributed by atoms with Crippen molar-refractivity contribution >= 4 is 17.3 Å². The molecule has 2 aromatic heterocycles. The fourth-order valence-corrected chi connectivity index (χ4v) is 2.93. The molecule has 21 heavy (non-hydrogen) atoms. The van der Waals surface area contributed by atoms with E-state index in [9.17, 15) is 0 Å². The highest BCUT2D eigenvalue weighted by atomic mass is 32.1. The minimum absolute atomic E-state index is 0.666. The van der Waals surface area contributed by atoms with Crippen LogP contribution in [0.25, 0.3) is 0 Å². The first-order valence-corrected chi connectivity index (χ1v) is 7.78. The van der Waals surface area contributed by atoms with Gasteiger partial charge in [-0.2, -0.15) is 0 Å². The topological polar surface area (TPSA) is 62.2 Å². The maximum absolute atomic E-state index is 4.44. The summed E-state index contributed by atoms with van der Waals surface area (Å²) in [5.74, 6) is 0.791. The summed E-state index contributed by atoms with van der Waals surface area (Å²) < 4.78 is 0. The lowest BCUT2D eigenvalue weighted by atomic mass is 10.3. The van der Waals surface area contributed by atoms with E-state index in [4.69, 9.17) is 0 Å². The van der Waals surface area contributed by atoms with Crippen molar-refractivity contribution in [1.29, 1.82) is 0 Å². The first-order valence-electron chi connectivity index (χ1n) is 6.96. The molecule has 0 spiro atoms. The first kappa shape index (κ1) is 15.4. The smallest absolute Gasteiger partial charge is 0.191 e. The van der Waals surface area contributed by atoms with E-state index in [2.05, 4.69) is 32.5 Å². The average Bonchev–Trinajstić information content (AvgIpc) is 2.81. The number of aryl methyl sites for hydroxylation is 2. The average molecular weight is 303 g/mol. The first-order chi connectivity index (χ1) is 10.2. The summed E-state index contributed by atoms with van der Waals surface area (Å²) in [6, 6.07) is 5.88. The lowest BCUT2D eigenvalue weighted by Crippen LogP contribution is -2.38. The molecule has 2 heterocycles. The Labute approximate surface area is 129 Å². The SMILES string of the molecule is CN=C(NCCc1sc(C)nc1C)NCc1ccccn1. The zero-order valence-electron chi connectivity index (χ0n) is 12.7. The van der Waals surface area contributed by atoms with E-state index < -0.39 is 0 Å². The summed E-state index contributed by atoms with van der Waals surface area (Å²) in [5, 5.41) is 7.70. The predicted octanol–water partition coefficient (Wildman–Crippen LogP) is 2.06. The normalized spacial score (nSPS) is 11.5. The van der Waals surface area contributed by atoms with Crippen LogP contribution >= 0.6 is 11.3 Å². The Balaban J connectivity index is 1.77. The van der Waals surface area contributed by atoms with Gasteiger partial charge in [0, 0.05) is 31.1 Å². The van der Waals surface area contributed by atoms with Gasteiger partial charge >= 0.3 is 0 Å². The number of nitrogens with zero attached hydrogens (tertiary/aromatic N) is 3. The second kappa shape index (κ2) is 7.73. The van der Waals surface area contributed by atoms with Gasteiger partial charge in [-0.05, 0) is 26.0 Å². The maximum Gasteiger partial charge on any atom is 0.191 e. The Hall–Kier alpha value is -1.95. The molecule has 0 bridgehead atoms. The van der Waals surface area contributed by atoms with Crippen molar-refractivity contribution < 1.29 is 0 Å². The van der Waals surface area contributed by atoms with Crippen molar-refractivity contribution in [3.05, 3.63) is 45.7 Å². The lowest BCUT2D eigenvalue weighted by molar-refractivity contribution is 0.785. The third-order valence-corrected chi connectivity index (χ3v) is 4.16. The molecule has 0 aliphatic rings. The van der Waals surface area contributed by atoms with Gasteiger partial charge in [0.1, 0.15) is 0 Å². The van der Waals surface area contributed by atoms with E-state index in [0.29, 0.717) is 6.54 Å².